The number of benzene rings is 1. The van der Waals surface area contributed by atoms with Gasteiger partial charge in [-0.3, -0.25) is 4.98 Å². The van der Waals surface area contributed by atoms with Gasteiger partial charge in [-0.2, -0.15) is 0 Å². The van der Waals surface area contributed by atoms with E-state index in [1.54, 1.807) is 12.3 Å². The lowest BCUT2D eigenvalue weighted by Crippen LogP contribution is -2.18. The van der Waals surface area contributed by atoms with Gasteiger partial charge in [0.1, 0.15) is 11.6 Å². The van der Waals surface area contributed by atoms with Gasteiger partial charge in [-0.15, -0.1) is 0 Å². The molecule has 2 N–H and O–H groups in total. The number of hydrogen-bond acceptors (Lipinski definition) is 2. The number of nitrogens with zero attached hydrogens (tertiary/aromatic N) is 1. The van der Waals surface area contributed by atoms with Gasteiger partial charge >= 0.3 is 0 Å². The van der Waals surface area contributed by atoms with E-state index in [4.69, 9.17) is 5.73 Å². The van der Waals surface area contributed by atoms with Crippen LogP contribution in [0, 0.1) is 18.6 Å². The highest BCUT2D eigenvalue weighted by Crippen LogP contribution is 2.25. The first-order valence-corrected chi connectivity index (χ1v) is 6.59. The Morgan fingerprint density at radius 2 is 2.05 bits per heavy atom. The van der Waals surface area contributed by atoms with E-state index in [9.17, 15) is 8.78 Å². The number of hydrogen-bond donors (Lipinski definition) is 1. The van der Waals surface area contributed by atoms with Crippen molar-refractivity contribution in [3.8, 4) is 0 Å². The topological polar surface area (TPSA) is 38.9 Å². The van der Waals surface area contributed by atoms with Gasteiger partial charge in [0, 0.05) is 11.8 Å². The molecule has 0 aliphatic carbocycles. The van der Waals surface area contributed by atoms with Gasteiger partial charge in [-0.25, -0.2) is 8.78 Å². The van der Waals surface area contributed by atoms with Crippen molar-refractivity contribution in [2.24, 2.45) is 5.73 Å². The van der Waals surface area contributed by atoms with E-state index in [0.29, 0.717) is 5.69 Å². The largest absolute Gasteiger partial charge is 0.322 e. The normalized spacial score (nSPS) is 12.5. The first kappa shape index (κ1) is 14.1. The van der Waals surface area contributed by atoms with Crippen LogP contribution < -0.4 is 5.73 Å². The number of pyridine rings is 1. The number of aryl methyl sites for hydroxylation is 1. The fraction of sp³-hybridized carbons (Fsp3) is 0.214. The highest BCUT2D eigenvalue weighted by atomic mass is 79.9. The summed E-state index contributed by atoms with van der Waals surface area (Å²) in [5, 5.41) is 0. The predicted molar refractivity (Wildman–Crippen MR) is 73.7 cm³/mol. The molecule has 0 amide bonds. The highest BCUT2D eigenvalue weighted by molar-refractivity contribution is 9.10. The minimum Gasteiger partial charge on any atom is -0.322 e. The van der Waals surface area contributed by atoms with Crippen LogP contribution in [-0.2, 0) is 6.42 Å². The van der Waals surface area contributed by atoms with Crippen molar-refractivity contribution in [3.63, 3.8) is 0 Å². The van der Waals surface area contributed by atoms with Gasteiger partial charge in [0.2, 0.25) is 0 Å². The number of aromatic nitrogens is 1. The summed E-state index contributed by atoms with van der Waals surface area (Å²) in [6.45, 7) is 1.87. The standard InChI is InChI=1S/C14H13BrF2N2/c1-8-3-2-6-19-14(8)12(18)7-9-11(16)5-4-10(15)13(9)17/h2-6,12H,7,18H2,1H3. The first-order valence-electron chi connectivity index (χ1n) is 5.80. The monoisotopic (exact) mass is 326 g/mol. The summed E-state index contributed by atoms with van der Waals surface area (Å²) in [5.41, 5.74) is 7.55. The molecular weight excluding hydrogens is 314 g/mol. The van der Waals surface area contributed by atoms with Crippen molar-refractivity contribution < 1.29 is 8.78 Å². The second-order valence-electron chi connectivity index (χ2n) is 4.34. The average molecular weight is 327 g/mol. The second kappa shape index (κ2) is 5.75. The molecule has 0 bridgehead atoms. The minimum absolute atomic E-state index is 0.0214. The zero-order chi connectivity index (χ0) is 14.0. The van der Waals surface area contributed by atoms with Crippen LogP contribution in [0.25, 0.3) is 0 Å². The third kappa shape index (κ3) is 2.98. The van der Waals surface area contributed by atoms with Crippen molar-refractivity contribution >= 4 is 15.9 Å². The third-order valence-corrected chi connectivity index (χ3v) is 3.58. The summed E-state index contributed by atoms with van der Waals surface area (Å²) in [6, 6.07) is 5.69. The Balaban J connectivity index is 2.32. The van der Waals surface area contributed by atoms with Gasteiger partial charge in [0.15, 0.2) is 0 Å². The molecule has 1 unspecified atom stereocenters. The van der Waals surface area contributed by atoms with E-state index in [1.807, 2.05) is 13.0 Å². The summed E-state index contributed by atoms with van der Waals surface area (Å²) in [5.74, 6) is -1.20. The minimum atomic E-state index is -0.607. The van der Waals surface area contributed by atoms with Crippen molar-refractivity contribution in [2.45, 2.75) is 19.4 Å². The molecular formula is C14H13BrF2N2. The molecule has 100 valence electrons. The molecule has 1 aromatic heterocycles. The Labute approximate surface area is 118 Å². The van der Waals surface area contributed by atoms with E-state index < -0.39 is 17.7 Å². The molecule has 19 heavy (non-hydrogen) atoms. The fourth-order valence-electron chi connectivity index (χ4n) is 1.96. The van der Waals surface area contributed by atoms with E-state index in [2.05, 4.69) is 20.9 Å². The van der Waals surface area contributed by atoms with Crippen LogP contribution in [0.3, 0.4) is 0 Å². The number of nitrogens with two attached hydrogens (primary N) is 1. The summed E-state index contributed by atoms with van der Waals surface area (Å²) in [7, 11) is 0. The highest BCUT2D eigenvalue weighted by Gasteiger charge is 2.18. The lowest BCUT2D eigenvalue weighted by atomic mass is 10.00. The smallest absolute Gasteiger partial charge is 0.143 e. The zero-order valence-electron chi connectivity index (χ0n) is 10.3. The molecule has 1 atom stereocenters. The summed E-state index contributed by atoms with van der Waals surface area (Å²) >= 11 is 3.04. The van der Waals surface area contributed by atoms with E-state index in [0.717, 1.165) is 5.56 Å². The molecule has 2 nitrogen and oxygen atoms in total. The molecule has 0 saturated carbocycles. The third-order valence-electron chi connectivity index (χ3n) is 2.96. The van der Waals surface area contributed by atoms with E-state index in [1.165, 1.54) is 12.1 Å². The van der Waals surface area contributed by atoms with Crippen LogP contribution in [0.2, 0.25) is 0 Å². The molecule has 0 aliphatic heterocycles. The molecule has 5 heteroatoms. The predicted octanol–water partition coefficient (Wildman–Crippen LogP) is 3.67. The molecule has 2 aromatic rings. The van der Waals surface area contributed by atoms with Crippen molar-refractivity contribution in [1.82, 2.24) is 4.98 Å². The van der Waals surface area contributed by atoms with Crippen molar-refractivity contribution in [2.75, 3.05) is 0 Å². The van der Waals surface area contributed by atoms with Gasteiger partial charge in [0.25, 0.3) is 0 Å². The Hall–Kier alpha value is -1.33. The molecule has 0 radical (unpaired) electrons. The Morgan fingerprint density at radius 3 is 2.74 bits per heavy atom. The zero-order valence-corrected chi connectivity index (χ0v) is 11.9. The van der Waals surface area contributed by atoms with Gasteiger partial charge < -0.3 is 5.73 Å². The molecule has 0 saturated heterocycles. The Morgan fingerprint density at radius 1 is 1.32 bits per heavy atom. The summed E-state index contributed by atoms with van der Waals surface area (Å²) < 4.78 is 27.8. The maximum absolute atomic E-state index is 13.9. The molecule has 1 aromatic carbocycles. The van der Waals surface area contributed by atoms with Crippen LogP contribution in [0.1, 0.15) is 22.9 Å². The SMILES string of the molecule is Cc1cccnc1C(N)Cc1c(F)ccc(Br)c1F. The van der Waals surface area contributed by atoms with Gasteiger partial charge in [0.05, 0.1) is 16.2 Å². The fourth-order valence-corrected chi connectivity index (χ4v) is 2.33. The maximum Gasteiger partial charge on any atom is 0.143 e. The van der Waals surface area contributed by atoms with E-state index >= 15 is 0 Å². The van der Waals surface area contributed by atoms with Crippen LogP contribution in [-0.4, -0.2) is 4.98 Å². The van der Waals surface area contributed by atoms with E-state index in [-0.39, 0.29) is 16.5 Å². The number of halogens is 3. The molecule has 1 heterocycles. The lowest BCUT2D eigenvalue weighted by molar-refractivity contribution is 0.533. The molecule has 0 spiro atoms. The van der Waals surface area contributed by atoms with Crippen LogP contribution >= 0.6 is 15.9 Å². The van der Waals surface area contributed by atoms with Crippen molar-refractivity contribution in [1.29, 1.82) is 0 Å². The Kier molecular flexibility index (Phi) is 4.27. The average Bonchev–Trinajstić information content (AvgIpc) is 2.39. The lowest BCUT2D eigenvalue weighted by Gasteiger charge is -2.15. The van der Waals surface area contributed by atoms with Crippen molar-refractivity contribution in [3.05, 3.63) is 63.4 Å². The molecule has 0 aliphatic rings. The quantitative estimate of drug-likeness (QED) is 0.874. The maximum atomic E-state index is 13.9. The molecule has 0 fully saturated rings. The first-order chi connectivity index (χ1) is 9.00. The second-order valence-corrected chi connectivity index (χ2v) is 5.19. The van der Waals surface area contributed by atoms with Crippen LogP contribution in [0.4, 0.5) is 8.78 Å². The number of rotatable bonds is 3. The van der Waals surface area contributed by atoms with Gasteiger partial charge in [-0.1, -0.05) is 6.07 Å². The molecule has 2 rings (SSSR count). The van der Waals surface area contributed by atoms with Gasteiger partial charge in [-0.05, 0) is 53.0 Å². The van der Waals surface area contributed by atoms with Crippen LogP contribution in [0.15, 0.2) is 34.9 Å². The summed E-state index contributed by atoms with van der Waals surface area (Å²) in [6.07, 6.45) is 1.69. The summed E-state index contributed by atoms with van der Waals surface area (Å²) in [4.78, 5) is 4.17. The van der Waals surface area contributed by atoms with Crippen LogP contribution in [0.5, 0.6) is 0 Å². The Bertz CT molecular complexity index is 602.